The van der Waals surface area contributed by atoms with Gasteiger partial charge in [0.1, 0.15) is 5.82 Å². The number of benzene rings is 1. The molecule has 1 aliphatic heterocycles. The Balaban J connectivity index is 1.92. The zero-order valence-electron chi connectivity index (χ0n) is 11.9. The van der Waals surface area contributed by atoms with Crippen molar-refractivity contribution in [3.63, 3.8) is 0 Å². The number of carbonyl (C=O) groups is 1. The van der Waals surface area contributed by atoms with Crippen molar-refractivity contribution in [2.45, 2.75) is 20.3 Å². The number of nitrogens with one attached hydrogen (secondary N) is 2. The third-order valence-electron chi connectivity index (χ3n) is 3.69. The quantitative estimate of drug-likeness (QED) is 0.865. The van der Waals surface area contributed by atoms with Crippen LogP contribution >= 0.6 is 15.9 Å². The van der Waals surface area contributed by atoms with Gasteiger partial charge >= 0.3 is 0 Å². The van der Waals surface area contributed by atoms with E-state index in [1.165, 1.54) is 17.4 Å². The molecule has 1 heterocycles. The van der Waals surface area contributed by atoms with Crippen molar-refractivity contribution in [3.8, 4) is 0 Å². The summed E-state index contributed by atoms with van der Waals surface area (Å²) in [6.45, 7) is 6.88. The van der Waals surface area contributed by atoms with Gasteiger partial charge in [-0.1, -0.05) is 29.8 Å². The first-order valence-corrected chi connectivity index (χ1v) is 7.82. The van der Waals surface area contributed by atoms with Crippen LogP contribution < -0.4 is 10.2 Å². The van der Waals surface area contributed by atoms with Gasteiger partial charge in [0.15, 0.2) is 6.54 Å². The van der Waals surface area contributed by atoms with Gasteiger partial charge in [0.25, 0.3) is 5.91 Å². The average Bonchev–Trinajstić information content (AvgIpc) is 2.31. The van der Waals surface area contributed by atoms with Crippen LogP contribution in [-0.4, -0.2) is 25.5 Å². The van der Waals surface area contributed by atoms with E-state index in [9.17, 15) is 9.18 Å². The second-order valence-corrected chi connectivity index (χ2v) is 6.87. The minimum absolute atomic E-state index is 0.123. The fraction of sp³-hybridized carbons (Fsp3) is 0.533. The van der Waals surface area contributed by atoms with Gasteiger partial charge in [0.05, 0.1) is 18.8 Å². The van der Waals surface area contributed by atoms with Crippen LogP contribution in [0.4, 0.5) is 10.1 Å². The normalized spacial score (nSPS) is 26.3. The van der Waals surface area contributed by atoms with Gasteiger partial charge in [0, 0.05) is 16.3 Å². The first-order valence-electron chi connectivity index (χ1n) is 7.02. The van der Waals surface area contributed by atoms with Gasteiger partial charge in [-0.05, 0) is 24.6 Å². The largest absolute Gasteiger partial charge is 0.327 e. The van der Waals surface area contributed by atoms with E-state index < -0.39 is 5.82 Å². The van der Waals surface area contributed by atoms with E-state index in [1.807, 2.05) is 0 Å². The Kier molecular flexibility index (Phi) is 5.16. The molecule has 5 heteroatoms. The molecule has 2 atom stereocenters. The van der Waals surface area contributed by atoms with E-state index in [0.29, 0.717) is 22.9 Å². The van der Waals surface area contributed by atoms with E-state index in [0.717, 1.165) is 13.1 Å². The Labute approximate surface area is 127 Å². The maximum absolute atomic E-state index is 13.7. The predicted molar refractivity (Wildman–Crippen MR) is 81.2 cm³/mol. The third-order valence-corrected chi connectivity index (χ3v) is 4.19. The molecular weight excluding hydrogens is 323 g/mol. The van der Waals surface area contributed by atoms with Crippen molar-refractivity contribution >= 4 is 27.5 Å². The molecule has 1 aromatic rings. The summed E-state index contributed by atoms with van der Waals surface area (Å²) in [4.78, 5) is 13.3. The molecule has 3 nitrogen and oxygen atoms in total. The standard InChI is InChI=1S/C15H20BrFN2O/c1-10-5-11(2)8-19(7-10)9-15(20)18-14-4-3-12(16)6-13(14)17/h3-4,6,10-11H,5,7-9H2,1-2H3,(H,18,20)/p+1/t10-,11-/m1/s1. The summed E-state index contributed by atoms with van der Waals surface area (Å²) in [5.74, 6) is 0.752. The lowest BCUT2D eigenvalue weighted by molar-refractivity contribution is -0.904. The molecule has 1 fully saturated rings. The van der Waals surface area contributed by atoms with Crippen molar-refractivity contribution in [3.05, 3.63) is 28.5 Å². The minimum atomic E-state index is -0.414. The number of rotatable bonds is 3. The lowest BCUT2D eigenvalue weighted by Gasteiger charge is -2.31. The Morgan fingerprint density at radius 3 is 2.65 bits per heavy atom. The molecular formula is C15H21BrFN2O+. The van der Waals surface area contributed by atoms with Crippen LogP contribution in [0.25, 0.3) is 0 Å². The summed E-state index contributed by atoms with van der Waals surface area (Å²) in [5, 5.41) is 2.66. The average molecular weight is 344 g/mol. The lowest BCUT2D eigenvalue weighted by atomic mass is 9.92. The van der Waals surface area contributed by atoms with Gasteiger partial charge in [-0.3, -0.25) is 4.79 Å². The zero-order valence-corrected chi connectivity index (χ0v) is 13.5. The molecule has 0 saturated carbocycles. The highest BCUT2D eigenvalue weighted by atomic mass is 79.9. The van der Waals surface area contributed by atoms with Crippen LogP contribution in [0.2, 0.25) is 0 Å². The molecule has 1 amide bonds. The molecule has 2 N–H and O–H groups in total. The van der Waals surface area contributed by atoms with Crippen LogP contribution in [0.1, 0.15) is 20.3 Å². The van der Waals surface area contributed by atoms with E-state index in [2.05, 4.69) is 35.1 Å². The zero-order chi connectivity index (χ0) is 14.7. The summed E-state index contributed by atoms with van der Waals surface area (Å²) in [5.41, 5.74) is 0.246. The number of likely N-dealkylation sites (tertiary alicyclic amines) is 1. The van der Waals surface area contributed by atoms with E-state index in [-0.39, 0.29) is 11.6 Å². The topological polar surface area (TPSA) is 33.5 Å². The first-order chi connectivity index (χ1) is 9.44. The maximum atomic E-state index is 13.7. The first kappa shape index (κ1) is 15.4. The molecule has 0 bridgehead atoms. The Hall–Kier alpha value is -0.940. The van der Waals surface area contributed by atoms with Crippen molar-refractivity contribution < 1.29 is 14.1 Å². The Bertz CT molecular complexity index is 485. The smallest absolute Gasteiger partial charge is 0.279 e. The van der Waals surface area contributed by atoms with Crippen LogP contribution in [-0.2, 0) is 4.79 Å². The molecule has 1 aliphatic rings. The SMILES string of the molecule is C[C@@H]1C[C@@H](C)C[NH+](CC(=O)Nc2ccc(Br)cc2F)C1. The molecule has 2 rings (SSSR count). The highest BCUT2D eigenvalue weighted by molar-refractivity contribution is 9.10. The van der Waals surface area contributed by atoms with E-state index >= 15 is 0 Å². The number of anilines is 1. The Morgan fingerprint density at radius 2 is 2.05 bits per heavy atom. The minimum Gasteiger partial charge on any atom is -0.327 e. The maximum Gasteiger partial charge on any atom is 0.279 e. The molecule has 0 unspecified atom stereocenters. The van der Waals surface area contributed by atoms with Crippen LogP contribution in [0.5, 0.6) is 0 Å². The molecule has 0 radical (unpaired) electrons. The fourth-order valence-electron chi connectivity index (χ4n) is 3.08. The van der Waals surface area contributed by atoms with Crippen molar-refractivity contribution in [2.24, 2.45) is 11.8 Å². The molecule has 0 aromatic heterocycles. The van der Waals surface area contributed by atoms with Crippen LogP contribution in [0.3, 0.4) is 0 Å². The van der Waals surface area contributed by atoms with Gasteiger partial charge in [0.2, 0.25) is 0 Å². The molecule has 110 valence electrons. The van der Waals surface area contributed by atoms with E-state index in [1.54, 1.807) is 12.1 Å². The highest BCUT2D eigenvalue weighted by Crippen LogP contribution is 2.19. The van der Waals surface area contributed by atoms with Gasteiger partial charge < -0.3 is 10.2 Å². The van der Waals surface area contributed by atoms with Crippen molar-refractivity contribution in [2.75, 3.05) is 25.0 Å². The van der Waals surface area contributed by atoms with Crippen molar-refractivity contribution in [1.82, 2.24) is 0 Å². The Morgan fingerprint density at radius 1 is 1.40 bits per heavy atom. The number of amides is 1. The van der Waals surface area contributed by atoms with Gasteiger partial charge in [-0.15, -0.1) is 0 Å². The second-order valence-electron chi connectivity index (χ2n) is 5.95. The van der Waals surface area contributed by atoms with Crippen molar-refractivity contribution in [1.29, 1.82) is 0 Å². The molecule has 0 spiro atoms. The number of carbonyl (C=O) groups excluding carboxylic acids is 1. The predicted octanol–water partition coefficient (Wildman–Crippen LogP) is 2.09. The molecule has 1 saturated heterocycles. The van der Waals surface area contributed by atoms with E-state index in [4.69, 9.17) is 0 Å². The van der Waals surface area contributed by atoms with Crippen LogP contribution in [0, 0.1) is 17.7 Å². The summed E-state index contributed by atoms with van der Waals surface area (Å²) in [6, 6.07) is 4.65. The van der Waals surface area contributed by atoms with Gasteiger partial charge in [-0.25, -0.2) is 4.39 Å². The monoisotopic (exact) mass is 343 g/mol. The molecule has 20 heavy (non-hydrogen) atoms. The number of halogens is 2. The summed E-state index contributed by atoms with van der Waals surface area (Å²) < 4.78 is 14.3. The van der Waals surface area contributed by atoms with Crippen LogP contribution in [0.15, 0.2) is 22.7 Å². The number of quaternary nitrogens is 1. The summed E-state index contributed by atoms with van der Waals surface area (Å²) >= 11 is 3.20. The third kappa shape index (κ3) is 4.28. The number of piperidine rings is 1. The van der Waals surface area contributed by atoms with Gasteiger partial charge in [-0.2, -0.15) is 0 Å². The summed E-state index contributed by atoms with van der Waals surface area (Å²) in [7, 11) is 0. The highest BCUT2D eigenvalue weighted by Gasteiger charge is 2.26. The molecule has 0 aliphatic carbocycles. The lowest BCUT2D eigenvalue weighted by Crippen LogP contribution is -3.15. The molecule has 1 aromatic carbocycles. The summed E-state index contributed by atoms with van der Waals surface area (Å²) in [6.07, 6.45) is 1.23. The second kappa shape index (κ2) is 6.68. The number of hydrogen-bond acceptors (Lipinski definition) is 1. The fourth-order valence-corrected chi connectivity index (χ4v) is 3.41. The number of hydrogen-bond donors (Lipinski definition) is 2.